The molecule has 0 radical (unpaired) electrons. The number of nitrogens with zero attached hydrogens (tertiary/aromatic N) is 1. The number of aliphatic hydroxyl groups excluding tert-OH is 1. The monoisotopic (exact) mass is 289 g/mol. The van der Waals surface area contributed by atoms with Gasteiger partial charge in [0.1, 0.15) is 0 Å². The lowest BCUT2D eigenvalue weighted by molar-refractivity contribution is 0.0347. The minimum atomic E-state index is 0.338. The largest absolute Gasteiger partial charge is 0.396 e. The topological polar surface area (TPSA) is 23.5 Å². The van der Waals surface area contributed by atoms with Crippen LogP contribution in [0.3, 0.4) is 0 Å². The maximum atomic E-state index is 8.98. The maximum Gasteiger partial charge on any atom is 0.0443 e. The van der Waals surface area contributed by atoms with E-state index >= 15 is 0 Å². The summed E-state index contributed by atoms with van der Waals surface area (Å²) in [5.41, 5.74) is 0.561. The normalized spacial score (nSPS) is 24.2. The first kappa shape index (κ1) is 12.8. The number of alkyl halides is 1. The van der Waals surface area contributed by atoms with Crippen LogP contribution in [0.1, 0.15) is 44.9 Å². The fourth-order valence-electron chi connectivity index (χ4n) is 2.86. The number of hydrogen-bond acceptors (Lipinski definition) is 2. The van der Waals surface area contributed by atoms with Crippen molar-refractivity contribution in [2.75, 3.05) is 25.0 Å². The van der Waals surface area contributed by atoms with Crippen LogP contribution in [0.4, 0.5) is 0 Å². The number of rotatable bonds is 7. The zero-order valence-electron chi connectivity index (χ0n) is 10.1. The highest BCUT2D eigenvalue weighted by molar-refractivity contribution is 9.09. The van der Waals surface area contributed by atoms with Gasteiger partial charge in [-0.25, -0.2) is 0 Å². The van der Waals surface area contributed by atoms with Gasteiger partial charge in [-0.3, -0.25) is 4.90 Å². The lowest BCUT2D eigenvalue weighted by Crippen LogP contribution is -2.50. The van der Waals surface area contributed by atoms with Crippen molar-refractivity contribution in [2.24, 2.45) is 5.41 Å². The third-order valence-corrected chi connectivity index (χ3v) is 5.62. The van der Waals surface area contributed by atoms with Gasteiger partial charge in [-0.05, 0) is 37.5 Å². The summed E-state index contributed by atoms with van der Waals surface area (Å²) in [5, 5.41) is 10.1. The molecule has 0 aromatic rings. The lowest BCUT2D eigenvalue weighted by atomic mass is 9.69. The Bertz CT molecular complexity index is 208. The van der Waals surface area contributed by atoms with Gasteiger partial charge in [0.15, 0.2) is 0 Å². The van der Waals surface area contributed by atoms with E-state index in [9.17, 15) is 0 Å². The number of aliphatic hydroxyl groups is 1. The molecule has 2 rings (SSSR count). The highest BCUT2D eigenvalue weighted by atomic mass is 79.9. The molecule has 0 atom stereocenters. The first-order valence-electron chi connectivity index (χ1n) is 6.70. The van der Waals surface area contributed by atoms with Crippen LogP contribution in [0.15, 0.2) is 0 Å². The van der Waals surface area contributed by atoms with Crippen molar-refractivity contribution in [2.45, 2.75) is 51.0 Å². The Balaban J connectivity index is 1.84. The second kappa shape index (κ2) is 5.83. The Morgan fingerprint density at radius 2 is 2.00 bits per heavy atom. The van der Waals surface area contributed by atoms with Crippen LogP contribution in [-0.4, -0.2) is 41.1 Å². The van der Waals surface area contributed by atoms with Gasteiger partial charge in [-0.15, -0.1) is 0 Å². The molecule has 2 fully saturated rings. The molecule has 0 saturated heterocycles. The van der Waals surface area contributed by atoms with Crippen molar-refractivity contribution in [3.63, 3.8) is 0 Å². The van der Waals surface area contributed by atoms with Gasteiger partial charge in [0.2, 0.25) is 0 Å². The van der Waals surface area contributed by atoms with Crippen LogP contribution >= 0.6 is 15.9 Å². The number of halogens is 1. The molecular formula is C13H24BrNO. The van der Waals surface area contributed by atoms with Crippen LogP contribution in [0.5, 0.6) is 0 Å². The van der Waals surface area contributed by atoms with Gasteiger partial charge in [-0.2, -0.15) is 0 Å². The van der Waals surface area contributed by atoms with E-state index in [0.717, 1.165) is 24.3 Å². The van der Waals surface area contributed by atoms with E-state index in [1.807, 2.05) is 0 Å². The standard InChI is InChI=1S/C13H24BrNO/c14-10-13(6-2-7-13)11-15(8-3-9-16)12-4-1-5-12/h12,16H,1-11H2. The van der Waals surface area contributed by atoms with Crippen LogP contribution in [0.25, 0.3) is 0 Å². The predicted molar refractivity (Wildman–Crippen MR) is 71.0 cm³/mol. The van der Waals surface area contributed by atoms with E-state index in [1.165, 1.54) is 45.1 Å². The van der Waals surface area contributed by atoms with Gasteiger partial charge in [0.05, 0.1) is 0 Å². The lowest BCUT2D eigenvalue weighted by Gasteiger charge is -2.48. The maximum absolute atomic E-state index is 8.98. The summed E-state index contributed by atoms with van der Waals surface area (Å²) in [7, 11) is 0. The fraction of sp³-hybridized carbons (Fsp3) is 1.00. The predicted octanol–water partition coefficient (Wildman–Crippen LogP) is 2.79. The molecule has 2 nitrogen and oxygen atoms in total. The van der Waals surface area contributed by atoms with Crippen LogP contribution < -0.4 is 0 Å². The van der Waals surface area contributed by atoms with E-state index in [0.29, 0.717) is 12.0 Å². The first-order valence-corrected chi connectivity index (χ1v) is 7.83. The highest BCUT2D eigenvalue weighted by Crippen LogP contribution is 2.44. The Morgan fingerprint density at radius 1 is 1.25 bits per heavy atom. The molecule has 16 heavy (non-hydrogen) atoms. The average molecular weight is 290 g/mol. The van der Waals surface area contributed by atoms with Crippen LogP contribution in [-0.2, 0) is 0 Å². The Labute approximate surface area is 108 Å². The van der Waals surface area contributed by atoms with Crippen LogP contribution in [0.2, 0.25) is 0 Å². The fourth-order valence-corrected chi connectivity index (χ4v) is 3.60. The second-order valence-electron chi connectivity index (χ2n) is 5.62. The molecule has 2 aliphatic carbocycles. The van der Waals surface area contributed by atoms with Crippen molar-refractivity contribution in [3.05, 3.63) is 0 Å². The molecule has 2 aliphatic rings. The van der Waals surface area contributed by atoms with Crippen molar-refractivity contribution in [1.29, 1.82) is 0 Å². The summed E-state index contributed by atoms with van der Waals surface area (Å²) in [6, 6.07) is 0.822. The van der Waals surface area contributed by atoms with E-state index in [2.05, 4.69) is 20.8 Å². The molecular weight excluding hydrogens is 266 g/mol. The highest BCUT2D eigenvalue weighted by Gasteiger charge is 2.39. The Morgan fingerprint density at radius 3 is 2.38 bits per heavy atom. The second-order valence-corrected chi connectivity index (χ2v) is 6.18. The smallest absolute Gasteiger partial charge is 0.0443 e. The Kier molecular flexibility index (Phi) is 4.68. The Hall–Kier alpha value is 0.400. The first-order chi connectivity index (χ1) is 7.79. The van der Waals surface area contributed by atoms with Crippen molar-refractivity contribution in [1.82, 2.24) is 4.90 Å². The minimum absolute atomic E-state index is 0.338. The summed E-state index contributed by atoms with van der Waals surface area (Å²) in [6.07, 6.45) is 9.29. The molecule has 0 aliphatic heterocycles. The molecule has 0 spiro atoms. The van der Waals surface area contributed by atoms with Gasteiger partial charge < -0.3 is 5.11 Å². The summed E-state index contributed by atoms with van der Waals surface area (Å²) in [4.78, 5) is 2.65. The molecule has 0 heterocycles. The minimum Gasteiger partial charge on any atom is -0.396 e. The third kappa shape index (κ3) is 2.80. The quantitative estimate of drug-likeness (QED) is 0.729. The molecule has 0 unspecified atom stereocenters. The van der Waals surface area contributed by atoms with Crippen molar-refractivity contribution >= 4 is 15.9 Å². The van der Waals surface area contributed by atoms with E-state index in [4.69, 9.17) is 5.11 Å². The zero-order valence-corrected chi connectivity index (χ0v) is 11.7. The van der Waals surface area contributed by atoms with Gasteiger partial charge in [0, 0.05) is 31.1 Å². The van der Waals surface area contributed by atoms with Crippen molar-refractivity contribution < 1.29 is 5.11 Å². The third-order valence-electron chi connectivity index (χ3n) is 4.43. The average Bonchev–Trinajstić information content (AvgIpc) is 2.16. The molecule has 0 bridgehead atoms. The van der Waals surface area contributed by atoms with Crippen molar-refractivity contribution in [3.8, 4) is 0 Å². The van der Waals surface area contributed by atoms with Gasteiger partial charge >= 0.3 is 0 Å². The number of hydrogen-bond donors (Lipinski definition) is 1. The molecule has 3 heteroatoms. The molecule has 0 aromatic heterocycles. The summed E-state index contributed by atoms with van der Waals surface area (Å²) in [6.45, 7) is 2.68. The van der Waals surface area contributed by atoms with Crippen LogP contribution in [0, 0.1) is 5.41 Å². The molecule has 0 amide bonds. The van der Waals surface area contributed by atoms with Gasteiger partial charge in [-0.1, -0.05) is 28.8 Å². The molecule has 1 N–H and O–H groups in total. The molecule has 2 saturated carbocycles. The molecule has 94 valence electrons. The van der Waals surface area contributed by atoms with E-state index < -0.39 is 0 Å². The SMILES string of the molecule is OCCCN(CC1(CBr)CCC1)C1CCC1. The summed E-state index contributed by atoms with van der Waals surface area (Å²) >= 11 is 3.69. The molecule has 0 aromatic carbocycles. The summed E-state index contributed by atoms with van der Waals surface area (Å²) < 4.78 is 0. The van der Waals surface area contributed by atoms with E-state index in [1.54, 1.807) is 0 Å². The summed E-state index contributed by atoms with van der Waals surface area (Å²) in [5.74, 6) is 0. The van der Waals surface area contributed by atoms with E-state index in [-0.39, 0.29) is 0 Å². The zero-order chi connectivity index (χ0) is 11.4. The van der Waals surface area contributed by atoms with Gasteiger partial charge in [0.25, 0.3) is 0 Å².